The van der Waals surface area contributed by atoms with Crippen molar-refractivity contribution in [2.45, 2.75) is 32.7 Å². The van der Waals surface area contributed by atoms with E-state index in [1.54, 1.807) is 0 Å². The van der Waals surface area contributed by atoms with E-state index in [1.165, 1.54) is 11.3 Å². The van der Waals surface area contributed by atoms with Gasteiger partial charge in [-0.3, -0.25) is 4.79 Å². The number of carbonyl (C=O) groups excluding carboxylic acids is 1. The molecule has 0 saturated heterocycles. The van der Waals surface area contributed by atoms with E-state index >= 15 is 0 Å². The Morgan fingerprint density at radius 3 is 2.75 bits per heavy atom. The molecule has 16 heavy (non-hydrogen) atoms. The first-order valence-corrected chi connectivity index (χ1v) is 6.99. The summed E-state index contributed by atoms with van der Waals surface area (Å²) in [6.45, 7) is 3.92. The molecule has 0 aliphatic rings. The third-order valence-electron chi connectivity index (χ3n) is 2.39. The zero-order valence-electron chi connectivity index (χ0n) is 9.35. The highest BCUT2D eigenvalue weighted by molar-refractivity contribution is 7.13. The van der Waals surface area contributed by atoms with Gasteiger partial charge in [0.2, 0.25) is 0 Å². The van der Waals surface area contributed by atoms with Crippen molar-refractivity contribution in [1.29, 1.82) is 0 Å². The van der Waals surface area contributed by atoms with Crippen LogP contribution in [0.4, 0.5) is 0 Å². The number of thiophene rings is 1. The minimum Gasteiger partial charge on any atom is -0.349 e. The van der Waals surface area contributed by atoms with E-state index in [0.717, 1.165) is 18.4 Å². The van der Waals surface area contributed by atoms with Gasteiger partial charge in [-0.15, -0.1) is 22.9 Å². The molecule has 0 saturated carbocycles. The molecule has 0 spiro atoms. The monoisotopic (exact) mass is 279 g/mol. The Balaban J connectivity index is 2.68. The molecule has 1 aromatic rings. The fraction of sp³-hybridized carbons (Fsp3) is 0.545. The number of alkyl halides is 1. The molecule has 0 fully saturated rings. The Morgan fingerprint density at radius 2 is 2.31 bits per heavy atom. The lowest BCUT2D eigenvalue weighted by molar-refractivity contribution is 0.0939. The third-order valence-corrected chi connectivity index (χ3v) is 4.30. The van der Waals surface area contributed by atoms with Crippen molar-refractivity contribution in [3.63, 3.8) is 0 Å². The first-order chi connectivity index (χ1) is 7.60. The van der Waals surface area contributed by atoms with E-state index in [2.05, 4.69) is 5.32 Å². The lowest BCUT2D eigenvalue weighted by atomic mass is 10.1. The average Bonchev–Trinajstić information content (AvgIpc) is 2.59. The average molecular weight is 280 g/mol. The van der Waals surface area contributed by atoms with Crippen molar-refractivity contribution in [3.8, 4) is 0 Å². The van der Waals surface area contributed by atoms with Gasteiger partial charge < -0.3 is 5.32 Å². The number of aryl methyl sites for hydroxylation is 1. The van der Waals surface area contributed by atoms with Crippen LogP contribution in [-0.4, -0.2) is 17.8 Å². The second-order valence-corrected chi connectivity index (χ2v) is 5.25. The summed E-state index contributed by atoms with van der Waals surface area (Å²) < 4.78 is 0. The second kappa shape index (κ2) is 6.48. The summed E-state index contributed by atoms with van der Waals surface area (Å²) in [4.78, 5) is 12.5. The van der Waals surface area contributed by atoms with Gasteiger partial charge >= 0.3 is 0 Å². The molecule has 0 radical (unpaired) electrons. The van der Waals surface area contributed by atoms with Crippen LogP contribution < -0.4 is 5.32 Å². The van der Waals surface area contributed by atoms with Crippen LogP contribution in [0, 0.1) is 6.92 Å². The molecule has 1 amide bonds. The van der Waals surface area contributed by atoms with Gasteiger partial charge in [0.25, 0.3) is 5.91 Å². The first-order valence-electron chi connectivity index (χ1n) is 5.20. The zero-order valence-corrected chi connectivity index (χ0v) is 11.7. The summed E-state index contributed by atoms with van der Waals surface area (Å²) >= 11 is 13.1. The van der Waals surface area contributed by atoms with Gasteiger partial charge in [0.15, 0.2) is 0 Å². The standard InChI is InChI=1S/C11H15Cl2NOS/c1-3-8(4-5-12)14-11(15)10-9(13)7(2)6-16-10/h6,8H,3-5H2,1-2H3,(H,14,15). The number of hydrogen-bond donors (Lipinski definition) is 1. The molecule has 0 bridgehead atoms. The lowest BCUT2D eigenvalue weighted by Gasteiger charge is -2.14. The summed E-state index contributed by atoms with van der Waals surface area (Å²) in [6.07, 6.45) is 1.66. The van der Waals surface area contributed by atoms with Gasteiger partial charge in [-0.2, -0.15) is 0 Å². The number of nitrogens with one attached hydrogen (secondary N) is 1. The van der Waals surface area contributed by atoms with Crippen LogP contribution in [0.25, 0.3) is 0 Å². The molecule has 0 aromatic carbocycles. The van der Waals surface area contributed by atoms with Crippen LogP contribution in [-0.2, 0) is 0 Å². The normalized spacial score (nSPS) is 12.5. The van der Waals surface area contributed by atoms with Gasteiger partial charge in [-0.1, -0.05) is 18.5 Å². The molecule has 90 valence electrons. The van der Waals surface area contributed by atoms with Gasteiger partial charge in [-0.05, 0) is 30.7 Å². The molecule has 1 heterocycles. The van der Waals surface area contributed by atoms with Crippen LogP contribution >= 0.6 is 34.5 Å². The largest absolute Gasteiger partial charge is 0.349 e. The second-order valence-electron chi connectivity index (χ2n) is 3.62. The zero-order chi connectivity index (χ0) is 12.1. The summed E-state index contributed by atoms with van der Waals surface area (Å²) in [6, 6.07) is 0.128. The number of halogens is 2. The van der Waals surface area contributed by atoms with E-state index in [0.29, 0.717) is 15.8 Å². The topological polar surface area (TPSA) is 29.1 Å². The van der Waals surface area contributed by atoms with E-state index < -0.39 is 0 Å². The molecule has 0 aliphatic carbocycles. The Morgan fingerprint density at radius 1 is 1.62 bits per heavy atom. The fourth-order valence-corrected chi connectivity index (χ4v) is 2.79. The number of rotatable bonds is 5. The molecule has 1 rings (SSSR count). The van der Waals surface area contributed by atoms with Crippen molar-refractivity contribution in [3.05, 3.63) is 20.8 Å². The number of carbonyl (C=O) groups is 1. The predicted octanol–water partition coefficient (Wildman–Crippen LogP) is 3.85. The molecule has 5 heteroatoms. The Bertz CT molecular complexity index is 365. The molecule has 0 aliphatic heterocycles. The van der Waals surface area contributed by atoms with Crippen molar-refractivity contribution >= 4 is 40.4 Å². The maximum absolute atomic E-state index is 11.9. The highest BCUT2D eigenvalue weighted by Gasteiger charge is 2.17. The van der Waals surface area contributed by atoms with Crippen LogP contribution in [0.2, 0.25) is 5.02 Å². The van der Waals surface area contributed by atoms with Gasteiger partial charge in [0, 0.05) is 11.9 Å². The summed E-state index contributed by atoms with van der Waals surface area (Å²) in [7, 11) is 0. The molecular formula is C11H15Cl2NOS. The van der Waals surface area contributed by atoms with Crippen molar-refractivity contribution in [1.82, 2.24) is 5.32 Å². The van der Waals surface area contributed by atoms with Crippen LogP contribution in [0.5, 0.6) is 0 Å². The lowest BCUT2D eigenvalue weighted by Crippen LogP contribution is -2.34. The van der Waals surface area contributed by atoms with Gasteiger partial charge in [-0.25, -0.2) is 0 Å². The maximum Gasteiger partial charge on any atom is 0.263 e. The van der Waals surface area contributed by atoms with E-state index in [-0.39, 0.29) is 11.9 Å². The third kappa shape index (κ3) is 3.37. The van der Waals surface area contributed by atoms with Crippen LogP contribution in [0.15, 0.2) is 5.38 Å². The Labute approximate surface area is 110 Å². The Hall–Kier alpha value is -0.250. The molecule has 1 aromatic heterocycles. The highest BCUT2D eigenvalue weighted by atomic mass is 35.5. The van der Waals surface area contributed by atoms with E-state index in [9.17, 15) is 4.79 Å². The number of amides is 1. The fourth-order valence-electron chi connectivity index (χ4n) is 1.34. The smallest absolute Gasteiger partial charge is 0.263 e. The number of hydrogen-bond acceptors (Lipinski definition) is 2. The molecular weight excluding hydrogens is 265 g/mol. The van der Waals surface area contributed by atoms with Crippen molar-refractivity contribution in [2.24, 2.45) is 0 Å². The van der Waals surface area contributed by atoms with Gasteiger partial charge in [0.05, 0.1) is 5.02 Å². The highest BCUT2D eigenvalue weighted by Crippen LogP contribution is 2.27. The van der Waals surface area contributed by atoms with E-state index in [4.69, 9.17) is 23.2 Å². The van der Waals surface area contributed by atoms with Crippen molar-refractivity contribution < 1.29 is 4.79 Å². The molecule has 2 nitrogen and oxygen atoms in total. The first kappa shape index (κ1) is 13.8. The summed E-state index contributed by atoms with van der Waals surface area (Å²) in [5.74, 6) is 0.454. The summed E-state index contributed by atoms with van der Waals surface area (Å²) in [5, 5.41) is 5.39. The SMILES string of the molecule is CCC(CCCl)NC(=O)c1scc(C)c1Cl. The van der Waals surface area contributed by atoms with E-state index in [1.807, 2.05) is 19.2 Å². The Kier molecular flexibility index (Phi) is 5.59. The minimum absolute atomic E-state index is 0.0972. The molecule has 1 unspecified atom stereocenters. The molecule has 1 N–H and O–H groups in total. The maximum atomic E-state index is 11.9. The predicted molar refractivity (Wildman–Crippen MR) is 70.9 cm³/mol. The van der Waals surface area contributed by atoms with Gasteiger partial charge in [0.1, 0.15) is 4.88 Å². The van der Waals surface area contributed by atoms with Crippen molar-refractivity contribution in [2.75, 3.05) is 5.88 Å². The minimum atomic E-state index is -0.0972. The molecule has 1 atom stereocenters. The quantitative estimate of drug-likeness (QED) is 0.815. The summed E-state index contributed by atoms with van der Waals surface area (Å²) in [5.41, 5.74) is 0.946. The van der Waals surface area contributed by atoms with Crippen LogP contribution in [0.3, 0.4) is 0 Å². The van der Waals surface area contributed by atoms with Crippen LogP contribution in [0.1, 0.15) is 35.0 Å².